The summed E-state index contributed by atoms with van der Waals surface area (Å²) in [6, 6.07) is 6.02. The molecule has 1 aromatic carbocycles. The largest absolute Gasteiger partial charge is 0.376 e. The fourth-order valence-electron chi connectivity index (χ4n) is 1.63. The molecule has 90 valence electrons. The van der Waals surface area contributed by atoms with E-state index in [2.05, 4.69) is 53.7 Å². The van der Waals surface area contributed by atoms with E-state index in [1.54, 1.807) is 0 Å². The molecule has 1 N–H and O–H groups in total. The first-order valence-corrected chi connectivity index (χ1v) is 6.99. The Morgan fingerprint density at radius 2 is 2.00 bits per heavy atom. The monoisotopic (exact) mass is 357 g/mol. The van der Waals surface area contributed by atoms with Crippen LogP contribution in [-0.4, -0.2) is 9.55 Å². The minimum atomic E-state index is 0.710. The van der Waals surface area contributed by atoms with E-state index in [4.69, 9.17) is 0 Å². The van der Waals surface area contributed by atoms with Crippen molar-refractivity contribution in [1.29, 1.82) is 0 Å². The number of aryl methyl sites for hydroxylation is 1. The SMILES string of the molecule is CCn1ccnc1CNc1c(Br)cccc1Br. The van der Waals surface area contributed by atoms with Gasteiger partial charge in [0.2, 0.25) is 0 Å². The van der Waals surface area contributed by atoms with E-state index in [0.717, 1.165) is 27.0 Å². The van der Waals surface area contributed by atoms with Crippen LogP contribution in [0.15, 0.2) is 39.5 Å². The van der Waals surface area contributed by atoms with Gasteiger partial charge >= 0.3 is 0 Å². The summed E-state index contributed by atoms with van der Waals surface area (Å²) in [7, 11) is 0. The number of nitrogens with zero attached hydrogens (tertiary/aromatic N) is 2. The molecule has 3 nitrogen and oxygen atoms in total. The zero-order valence-corrected chi connectivity index (χ0v) is 12.6. The number of rotatable bonds is 4. The molecule has 0 aliphatic heterocycles. The Bertz CT molecular complexity index is 488. The molecule has 1 aromatic heterocycles. The number of halogens is 2. The third-order valence-corrected chi connectivity index (χ3v) is 3.85. The molecule has 0 aliphatic carbocycles. The minimum absolute atomic E-state index is 0.710. The normalized spacial score (nSPS) is 10.5. The van der Waals surface area contributed by atoms with E-state index in [0.29, 0.717) is 6.54 Å². The summed E-state index contributed by atoms with van der Waals surface area (Å²) in [5.41, 5.74) is 1.05. The predicted molar refractivity (Wildman–Crippen MR) is 77.1 cm³/mol. The topological polar surface area (TPSA) is 29.9 Å². The predicted octanol–water partition coefficient (Wildman–Crippen LogP) is 4.04. The number of aromatic nitrogens is 2. The highest BCUT2D eigenvalue weighted by Gasteiger charge is 2.06. The Hall–Kier alpha value is -0.810. The molecule has 0 saturated carbocycles. The van der Waals surface area contributed by atoms with Crippen LogP contribution in [0.4, 0.5) is 5.69 Å². The van der Waals surface area contributed by atoms with Gasteiger partial charge in [0.05, 0.1) is 12.2 Å². The molecule has 0 radical (unpaired) electrons. The lowest BCUT2D eigenvalue weighted by molar-refractivity contribution is 0.708. The van der Waals surface area contributed by atoms with Crippen LogP contribution in [0.5, 0.6) is 0 Å². The number of hydrogen-bond donors (Lipinski definition) is 1. The first-order valence-electron chi connectivity index (χ1n) is 5.40. The molecule has 0 amide bonds. The van der Waals surface area contributed by atoms with Crippen LogP contribution in [0.25, 0.3) is 0 Å². The van der Waals surface area contributed by atoms with Crippen LogP contribution in [0.2, 0.25) is 0 Å². The molecular formula is C12H13Br2N3. The van der Waals surface area contributed by atoms with Gasteiger partial charge in [-0.2, -0.15) is 0 Å². The number of nitrogens with one attached hydrogen (secondary N) is 1. The van der Waals surface area contributed by atoms with Gasteiger partial charge in [-0.25, -0.2) is 4.98 Å². The van der Waals surface area contributed by atoms with Gasteiger partial charge in [0.25, 0.3) is 0 Å². The first-order chi connectivity index (χ1) is 8.22. The average Bonchev–Trinajstić information content (AvgIpc) is 2.76. The number of imidazole rings is 1. The molecule has 0 saturated heterocycles. The summed E-state index contributed by atoms with van der Waals surface area (Å²) in [5, 5.41) is 3.38. The molecule has 0 spiro atoms. The van der Waals surface area contributed by atoms with Crippen molar-refractivity contribution in [3.63, 3.8) is 0 Å². The second kappa shape index (κ2) is 5.69. The Morgan fingerprint density at radius 1 is 1.29 bits per heavy atom. The van der Waals surface area contributed by atoms with E-state index >= 15 is 0 Å². The number of anilines is 1. The smallest absolute Gasteiger partial charge is 0.128 e. The summed E-state index contributed by atoms with van der Waals surface area (Å²) in [5.74, 6) is 1.04. The van der Waals surface area contributed by atoms with Gasteiger partial charge in [0.1, 0.15) is 5.82 Å². The van der Waals surface area contributed by atoms with Crippen molar-refractivity contribution in [2.24, 2.45) is 0 Å². The van der Waals surface area contributed by atoms with Gasteiger partial charge in [0, 0.05) is 27.9 Å². The molecule has 0 atom stereocenters. The van der Waals surface area contributed by atoms with Crippen molar-refractivity contribution in [3.05, 3.63) is 45.4 Å². The lowest BCUT2D eigenvalue weighted by Crippen LogP contribution is -2.08. The number of para-hydroxylation sites is 1. The second-order valence-corrected chi connectivity index (χ2v) is 5.29. The van der Waals surface area contributed by atoms with Crippen molar-refractivity contribution < 1.29 is 0 Å². The highest BCUT2D eigenvalue weighted by molar-refractivity contribution is 9.11. The van der Waals surface area contributed by atoms with E-state index < -0.39 is 0 Å². The maximum absolute atomic E-state index is 4.33. The number of hydrogen-bond acceptors (Lipinski definition) is 2. The van der Waals surface area contributed by atoms with Crippen LogP contribution in [0.1, 0.15) is 12.7 Å². The first kappa shape index (κ1) is 12.6. The Kier molecular flexibility index (Phi) is 4.23. The van der Waals surface area contributed by atoms with Gasteiger partial charge in [-0.3, -0.25) is 0 Å². The molecule has 2 rings (SSSR count). The van der Waals surface area contributed by atoms with Crippen molar-refractivity contribution >= 4 is 37.5 Å². The maximum atomic E-state index is 4.33. The summed E-state index contributed by atoms with van der Waals surface area (Å²) in [4.78, 5) is 4.33. The molecule has 5 heteroatoms. The molecule has 0 aliphatic rings. The Balaban J connectivity index is 2.13. The van der Waals surface area contributed by atoms with Crippen LogP contribution in [0.3, 0.4) is 0 Å². The quantitative estimate of drug-likeness (QED) is 0.893. The Labute approximate surface area is 118 Å². The van der Waals surface area contributed by atoms with Crippen LogP contribution in [-0.2, 0) is 13.1 Å². The lowest BCUT2D eigenvalue weighted by Gasteiger charge is -2.11. The minimum Gasteiger partial charge on any atom is -0.376 e. The molecule has 2 aromatic rings. The van der Waals surface area contributed by atoms with Crippen molar-refractivity contribution in [2.45, 2.75) is 20.0 Å². The van der Waals surface area contributed by atoms with Crippen LogP contribution < -0.4 is 5.32 Å². The van der Waals surface area contributed by atoms with Gasteiger partial charge in [0.15, 0.2) is 0 Å². The summed E-state index contributed by atoms with van der Waals surface area (Å²) in [6.07, 6.45) is 3.82. The highest BCUT2D eigenvalue weighted by atomic mass is 79.9. The van der Waals surface area contributed by atoms with E-state index in [-0.39, 0.29) is 0 Å². The van der Waals surface area contributed by atoms with Gasteiger partial charge < -0.3 is 9.88 Å². The fraction of sp³-hybridized carbons (Fsp3) is 0.250. The third kappa shape index (κ3) is 2.90. The zero-order chi connectivity index (χ0) is 12.3. The summed E-state index contributed by atoms with van der Waals surface area (Å²) < 4.78 is 4.21. The van der Waals surface area contributed by atoms with Gasteiger partial charge in [-0.15, -0.1) is 0 Å². The van der Waals surface area contributed by atoms with Gasteiger partial charge in [-0.05, 0) is 50.9 Å². The van der Waals surface area contributed by atoms with Crippen LogP contribution >= 0.6 is 31.9 Å². The molecule has 17 heavy (non-hydrogen) atoms. The second-order valence-electron chi connectivity index (χ2n) is 3.58. The third-order valence-electron chi connectivity index (χ3n) is 2.53. The molecular weight excluding hydrogens is 346 g/mol. The molecule has 0 unspecified atom stereocenters. The fourth-order valence-corrected chi connectivity index (χ4v) is 2.91. The highest BCUT2D eigenvalue weighted by Crippen LogP contribution is 2.30. The maximum Gasteiger partial charge on any atom is 0.128 e. The van der Waals surface area contributed by atoms with Gasteiger partial charge in [-0.1, -0.05) is 6.07 Å². The summed E-state index contributed by atoms with van der Waals surface area (Å²) in [6.45, 7) is 3.76. The van der Waals surface area contributed by atoms with E-state index in [1.165, 1.54) is 0 Å². The van der Waals surface area contributed by atoms with Crippen molar-refractivity contribution in [1.82, 2.24) is 9.55 Å². The average molecular weight is 359 g/mol. The van der Waals surface area contributed by atoms with Crippen molar-refractivity contribution in [2.75, 3.05) is 5.32 Å². The number of benzene rings is 1. The Morgan fingerprint density at radius 3 is 2.65 bits per heavy atom. The zero-order valence-electron chi connectivity index (χ0n) is 9.45. The molecule has 0 bridgehead atoms. The summed E-state index contributed by atoms with van der Waals surface area (Å²) >= 11 is 7.05. The standard InChI is InChI=1S/C12H13Br2N3/c1-2-17-7-6-15-11(17)8-16-12-9(13)4-3-5-10(12)14/h3-7,16H,2,8H2,1H3. The van der Waals surface area contributed by atoms with E-state index in [9.17, 15) is 0 Å². The molecule has 1 heterocycles. The lowest BCUT2D eigenvalue weighted by atomic mass is 10.3. The molecule has 0 fully saturated rings. The van der Waals surface area contributed by atoms with Crippen LogP contribution in [0, 0.1) is 0 Å². The van der Waals surface area contributed by atoms with Crippen molar-refractivity contribution in [3.8, 4) is 0 Å². The van der Waals surface area contributed by atoms with E-state index in [1.807, 2.05) is 30.6 Å².